The Kier molecular flexibility index (Phi) is 6.52. The Morgan fingerprint density at radius 3 is 2.15 bits per heavy atom. The van der Waals surface area contributed by atoms with E-state index >= 15 is 0 Å². The quantitative estimate of drug-likeness (QED) is 0.447. The molecular formula is C27H26ClN3O2. The Hall–Kier alpha value is -3.57. The smallest absolute Gasteiger partial charge is 0.282 e. The van der Waals surface area contributed by atoms with E-state index in [1.54, 1.807) is 6.07 Å². The van der Waals surface area contributed by atoms with Crippen molar-refractivity contribution in [3.63, 3.8) is 0 Å². The number of hydrogen-bond acceptors (Lipinski definition) is 4. The number of nitrogens with zero attached hydrogens (tertiary/aromatic N) is 2. The normalized spacial score (nSPS) is 13.6. The van der Waals surface area contributed by atoms with Crippen molar-refractivity contribution in [2.45, 2.75) is 20.8 Å². The van der Waals surface area contributed by atoms with Gasteiger partial charge in [0.15, 0.2) is 0 Å². The molecule has 3 aromatic carbocycles. The molecule has 0 aliphatic carbocycles. The van der Waals surface area contributed by atoms with Crippen LogP contribution < -0.4 is 15.1 Å². The molecule has 5 nitrogen and oxygen atoms in total. The average molecular weight is 460 g/mol. The molecule has 0 aromatic heterocycles. The van der Waals surface area contributed by atoms with Crippen LogP contribution in [0.25, 0.3) is 5.57 Å². The van der Waals surface area contributed by atoms with E-state index in [4.69, 9.17) is 11.6 Å². The molecule has 168 valence electrons. The van der Waals surface area contributed by atoms with Crippen LogP contribution >= 0.6 is 11.6 Å². The predicted octanol–water partition coefficient (Wildman–Crippen LogP) is 5.89. The van der Waals surface area contributed by atoms with Crippen LogP contribution in [-0.4, -0.2) is 24.9 Å². The third-order valence-electron chi connectivity index (χ3n) is 5.82. The molecule has 33 heavy (non-hydrogen) atoms. The molecule has 6 heteroatoms. The molecule has 0 fully saturated rings. The topological polar surface area (TPSA) is 52.6 Å². The van der Waals surface area contributed by atoms with Crippen molar-refractivity contribution < 1.29 is 9.59 Å². The van der Waals surface area contributed by atoms with Crippen molar-refractivity contribution in [3.05, 3.63) is 94.6 Å². The van der Waals surface area contributed by atoms with Gasteiger partial charge in [0.2, 0.25) is 0 Å². The summed E-state index contributed by atoms with van der Waals surface area (Å²) in [6.45, 7) is 7.86. The van der Waals surface area contributed by atoms with Gasteiger partial charge in [0.05, 0.1) is 11.3 Å². The standard InChI is InChI=1S/C27H26ClN3O2/c1-4-30(5-2)21-13-15-22(16-14-21)31-26(32)24(19-9-7-6-8-10-19)25(27(31)33)29-20-12-11-18(3)23(28)17-20/h6-17,29H,4-5H2,1-3H3. The van der Waals surface area contributed by atoms with Crippen molar-refractivity contribution in [3.8, 4) is 0 Å². The van der Waals surface area contributed by atoms with Gasteiger partial charge in [-0.1, -0.05) is 48.0 Å². The van der Waals surface area contributed by atoms with E-state index in [1.165, 1.54) is 4.90 Å². The summed E-state index contributed by atoms with van der Waals surface area (Å²) in [7, 11) is 0. The molecule has 4 rings (SSSR count). The maximum absolute atomic E-state index is 13.5. The number of imide groups is 1. The Bertz CT molecular complexity index is 1220. The summed E-state index contributed by atoms with van der Waals surface area (Å²) in [5.41, 5.74) is 4.42. The Morgan fingerprint density at radius 1 is 0.879 bits per heavy atom. The van der Waals surface area contributed by atoms with E-state index in [-0.39, 0.29) is 11.6 Å². The van der Waals surface area contributed by atoms with Crippen LogP contribution in [0.3, 0.4) is 0 Å². The Balaban J connectivity index is 1.74. The second-order valence-corrected chi connectivity index (χ2v) is 8.25. The average Bonchev–Trinajstić information content (AvgIpc) is 3.07. The number of halogens is 1. The lowest BCUT2D eigenvalue weighted by Gasteiger charge is -2.22. The van der Waals surface area contributed by atoms with Crippen LogP contribution in [0.1, 0.15) is 25.0 Å². The van der Waals surface area contributed by atoms with Crippen LogP contribution in [0.4, 0.5) is 17.1 Å². The minimum absolute atomic E-state index is 0.235. The summed E-state index contributed by atoms with van der Waals surface area (Å²) in [5.74, 6) is -0.756. The lowest BCUT2D eigenvalue weighted by atomic mass is 10.0. The molecule has 1 aliphatic heterocycles. The third-order valence-corrected chi connectivity index (χ3v) is 6.23. The fourth-order valence-electron chi connectivity index (χ4n) is 3.97. The summed E-state index contributed by atoms with van der Waals surface area (Å²) < 4.78 is 0. The molecule has 3 aromatic rings. The second kappa shape index (κ2) is 9.51. The second-order valence-electron chi connectivity index (χ2n) is 7.84. The van der Waals surface area contributed by atoms with E-state index in [0.717, 1.165) is 24.3 Å². The fourth-order valence-corrected chi connectivity index (χ4v) is 4.15. The van der Waals surface area contributed by atoms with Crippen LogP contribution in [0.15, 0.2) is 78.5 Å². The number of nitrogens with one attached hydrogen (secondary N) is 1. The monoisotopic (exact) mass is 459 g/mol. The predicted molar refractivity (Wildman–Crippen MR) is 136 cm³/mol. The molecule has 0 radical (unpaired) electrons. The number of aryl methyl sites for hydroxylation is 1. The van der Waals surface area contributed by atoms with Gasteiger partial charge >= 0.3 is 0 Å². The highest BCUT2D eigenvalue weighted by molar-refractivity contribution is 6.46. The van der Waals surface area contributed by atoms with Gasteiger partial charge < -0.3 is 10.2 Å². The molecule has 0 spiro atoms. The largest absolute Gasteiger partial charge is 0.372 e. The maximum Gasteiger partial charge on any atom is 0.282 e. The van der Waals surface area contributed by atoms with Crippen molar-refractivity contribution in [1.82, 2.24) is 0 Å². The third kappa shape index (κ3) is 4.37. The Morgan fingerprint density at radius 2 is 1.55 bits per heavy atom. The zero-order chi connectivity index (χ0) is 23.5. The van der Waals surface area contributed by atoms with Crippen molar-refractivity contribution in [1.29, 1.82) is 0 Å². The highest BCUT2D eigenvalue weighted by atomic mass is 35.5. The molecule has 0 atom stereocenters. The summed E-state index contributed by atoms with van der Waals surface area (Å²) in [4.78, 5) is 30.5. The van der Waals surface area contributed by atoms with Gasteiger partial charge in [0, 0.05) is 29.5 Å². The zero-order valence-corrected chi connectivity index (χ0v) is 19.7. The SMILES string of the molecule is CCN(CC)c1ccc(N2C(=O)C(Nc3ccc(C)c(Cl)c3)=C(c3ccccc3)C2=O)cc1. The lowest BCUT2D eigenvalue weighted by Crippen LogP contribution is -2.32. The Labute approximate surface area is 199 Å². The summed E-state index contributed by atoms with van der Waals surface area (Å²) in [5, 5.41) is 3.75. The molecule has 0 saturated heterocycles. The molecule has 1 N–H and O–H groups in total. The molecule has 0 saturated carbocycles. The van der Waals surface area contributed by atoms with E-state index < -0.39 is 5.91 Å². The number of carbonyl (C=O) groups excluding carboxylic acids is 2. The summed E-state index contributed by atoms with van der Waals surface area (Å²) in [6, 6.07) is 22.2. The molecule has 0 unspecified atom stereocenters. The maximum atomic E-state index is 13.5. The van der Waals surface area contributed by atoms with Gasteiger partial charge in [-0.3, -0.25) is 9.59 Å². The van der Waals surface area contributed by atoms with Crippen molar-refractivity contribution in [2.24, 2.45) is 0 Å². The van der Waals surface area contributed by atoms with Crippen molar-refractivity contribution >= 4 is 46.1 Å². The van der Waals surface area contributed by atoms with E-state index in [0.29, 0.717) is 27.5 Å². The zero-order valence-electron chi connectivity index (χ0n) is 18.9. The number of hydrogen-bond donors (Lipinski definition) is 1. The summed E-state index contributed by atoms with van der Waals surface area (Å²) >= 11 is 6.28. The minimum atomic E-state index is -0.397. The van der Waals surface area contributed by atoms with E-state index in [9.17, 15) is 9.59 Å². The van der Waals surface area contributed by atoms with Gasteiger partial charge in [-0.05, 0) is 68.3 Å². The van der Waals surface area contributed by atoms with Crippen LogP contribution in [0, 0.1) is 6.92 Å². The van der Waals surface area contributed by atoms with Gasteiger partial charge in [0.25, 0.3) is 11.8 Å². The van der Waals surface area contributed by atoms with E-state index in [1.807, 2.05) is 73.7 Å². The first-order valence-corrected chi connectivity index (χ1v) is 11.4. The lowest BCUT2D eigenvalue weighted by molar-refractivity contribution is -0.120. The van der Waals surface area contributed by atoms with Gasteiger partial charge in [-0.15, -0.1) is 0 Å². The first-order valence-electron chi connectivity index (χ1n) is 11.0. The molecule has 0 bridgehead atoms. The van der Waals surface area contributed by atoms with Gasteiger partial charge in [-0.2, -0.15) is 0 Å². The highest BCUT2D eigenvalue weighted by Crippen LogP contribution is 2.35. The first-order chi connectivity index (χ1) is 15.9. The van der Waals surface area contributed by atoms with Crippen molar-refractivity contribution in [2.75, 3.05) is 28.2 Å². The minimum Gasteiger partial charge on any atom is -0.372 e. The fraction of sp³-hybridized carbons (Fsp3) is 0.185. The van der Waals surface area contributed by atoms with Gasteiger partial charge in [0.1, 0.15) is 5.70 Å². The van der Waals surface area contributed by atoms with Crippen LogP contribution in [0.5, 0.6) is 0 Å². The van der Waals surface area contributed by atoms with Crippen LogP contribution in [0.2, 0.25) is 5.02 Å². The molecule has 1 aliphatic rings. The molecular weight excluding hydrogens is 434 g/mol. The number of rotatable bonds is 7. The number of carbonyl (C=O) groups is 2. The first kappa shape index (κ1) is 22.6. The van der Waals surface area contributed by atoms with E-state index in [2.05, 4.69) is 24.1 Å². The number of anilines is 3. The molecule has 1 heterocycles. The number of benzene rings is 3. The molecule has 2 amide bonds. The van der Waals surface area contributed by atoms with Gasteiger partial charge in [-0.25, -0.2) is 4.90 Å². The van der Waals surface area contributed by atoms with Crippen LogP contribution in [-0.2, 0) is 9.59 Å². The summed E-state index contributed by atoms with van der Waals surface area (Å²) in [6.07, 6.45) is 0. The number of amides is 2. The highest BCUT2D eigenvalue weighted by Gasteiger charge is 2.40.